The molecule has 1 saturated heterocycles. The van der Waals surface area contributed by atoms with Crippen LogP contribution in [0.15, 0.2) is 54.6 Å². The van der Waals surface area contributed by atoms with Gasteiger partial charge in [-0.3, -0.25) is 52.7 Å². The number of aliphatic hydroxyl groups is 2. The number of nitrogens with one attached hydrogen (secondary N) is 6. The summed E-state index contributed by atoms with van der Waals surface area (Å²) < 4.78 is 20.0. The number of hydrogen-bond acceptors (Lipinski definition) is 16. The standard InChI is InChI=1S/C68H101FN8O15/c1-12-36(5)49(32-52(80)51(25-26-56(71)84)72-62(86)46(34-78)30-55(83)58(38(7)14-3)74-65(89)50(70)29-43-21-23-45(24-22-43)44-19-17-16-18-20-44)64(88)73-57(37(6)13-2)54(82)31-47(35-79)63(87)75-60-42(11)92-66(90)59(39(8)15-4)76-67(91)68(33-48(68)28-41(10)69)77-61(85)40(9)27-53(60)81/h16-24,36-42,46-51,57-60,78-79H,12-15,25-35,70H2,1-11H3,(H2,71,84)(H,72,86)(H,73,88)(H,74,89)(H,75,87)(H,76,91)(H,77,85)/t36-,37-,38-,39-,40+,41?,42-,46-,47-,48?,49+,50+,51+,57-,58-,59-,60+,68?/m0/s1. The van der Waals surface area contributed by atoms with E-state index >= 15 is 0 Å². The van der Waals surface area contributed by atoms with E-state index in [4.69, 9.17) is 16.2 Å². The van der Waals surface area contributed by atoms with E-state index in [9.17, 15) is 72.1 Å². The maximum atomic E-state index is 14.5. The van der Waals surface area contributed by atoms with Gasteiger partial charge >= 0.3 is 5.97 Å². The van der Waals surface area contributed by atoms with Gasteiger partial charge in [-0.1, -0.05) is 143 Å². The molecule has 2 aromatic carbocycles. The minimum Gasteiger partial charge on any atom is -0.458 e. The van der Waals surface area contributed by atoms with Crippen LogP contribution in [0, 0.1) is 53.3 Å². The van der Waals surface area contributed by atoms with E-state index in [2.05, 4.69) is 31.9 Å². The number of halogens is 1. The van der Waals surface area contributed by atoms with Crippen molar-refractivity contribution < 1.29 is 76.9 Å². The van der Waals surface area contributed by atoms with Crippen molar-refractivity contribution in [3.05, 3.63) is 60.2 Å². The first-order valence-corrected chi connectivity index (χ1v) is 32.6. The van der Waals surface area contributed by atoms with Crippen molar-refractivity contribution in [2.24, 2.45) is 64.7 Å². The highest BCUT2D eigenvalue weighted by atomic mass is 19.1. The molecule has 2 fully saturated rings. The van der Waals surface area contributed by atoms with Gasteiger partial charge in [-0.2, -0.15) is 0 Å². The van der Waals surface area contributed by atoms with Crippen molar-refractivity contribution in [1.29, 1.82) is 0 Å². The van der Waals surface area contributed by atoms with Crippen LogP contribution < -0.4 is 43.4 Å². The van der Waals surface area contributed by atoms with Crippen LogP contribution in [-0.2, 0) is 68.7 Å². The zero-order chi connectivity index (χ0) is 68.9. The van der Waals surface area contributed by atoms with Gasteiger partial charge in [0, 0.05) is 43.9 Å². The van der Waals surface area contributed by atoms with Gasteiger partial charge in [-0.05, 0) is 85.8 Å². The Morgan fingerprint density at radius 3 is 1.76 bits per heavy atom. The van der Waals surface area contributed by atoms with Gasteiger partial charge in [0.05, 0.1) is 55.4 Å². The van der Waals surface area contributed by atoms with Gasteiger partial charge in [-0.15, -0.1) is 0 Å². The van der Waals surface area contributed by atoms with Crippen LogP contribution >= 0.6 is 0 Å². The molecule has 7 amide bonds. The van der Waals surface area contributed by atoms with Gasteiger partial charge in [-0.25, -0.2) is 9.18 Å². The summed E-state index contributed by atoms with van der Waals surface area (Å²) in [5.41, 5.74) is 13.1. The topological polar surface area (TPSA) is 379 Å². The second kappa shape index (κ2) is 36.2. The number of Topliss-reactive ketones (excluding diaryl/α,β-unsaturated/α-hetero) is 4. The highest BCUT2D eigenvalue weighted by Gasteiger charge is 2.62. The Kier molecular flexibility index (Phi) is 30.4. The van der Waals surface area contributed by atoms with E-state index in [1.165, 1.54) is 20.8 Å². The molecule has 510 valence electrons. The minimum atomic E-state index is -1.63. The van der Waals surface area contributed by atoms with Crippen LogP contribution in [0.1, 0.15) is 159 Å². The minimum absolute atomic E-state index is 0.0503. The summed E-state index contributed by atoms with van der Waals surface area (Å²) in [6, 6.07) is 9.47. The Morgan fingerprint density at radius 1 is 0.696 bits per heavy atom. The molecule has 4 rings (SSSR count). The number of esters is 1. The van der Waals surface area contributed by atoms with Crippen molar-refractivity contribution >= 4 is 70.5 Å². The number of rotatable bonds is 35. The van der Waals surface area contributed by atoms with Gasteiger partial charge < -0.3 is 58.3 Å². The maximum absolute atomic E-state index is 14.5. The maximum Gasteiger partial charge on any atom is 0.329 e. The second-order valence-corrected chi connectivity index (χ2v) is 25.9. The number of primary amides is 1. The number of cyclic esters (lactones) is 1. The van der Waals surface area contributed by atoms with E-state index in [0.29, 0.717) is 25.7 Å². The van der Waals surface area contributed by atoms with Crippen LogP contribution in [0.2, 0.25) is 0 Å². The first-order chi connectivity index (χ1) is 43.4. The lowest BCUT2D eigenvalue weighted by Gasteiger charge is -2.30. The lowest BCUT2D eigenvalue weighted by Crippen LogP contribution is -2.57. The van der Waals surface area contributed by atoms with Gasteiger partial charge in [0.15, 0.2) is 23.1 Å². The highest BCUT2D eigenvalue weighted by molar-refractivity contribution is 6.01. The monoisotopic (exact) mass is 1290 g/mol. The average molecular weight is 1290 g/mol. The third-order valence-electron chi connectivity index (χ3n) is 18.7. The third-order valence-corrected chi connectivity index (χ3v) is 18.7. The molecule has 1 spiro atoms. The first-order valence-electron chi connectivity index (χ1n) is 32.6. The Bertz CT molecular complexity index is 2900. The van der Waals surface area contributed by atoms with Crippen LogP contribution in [0.3, 0.4) is 0 Å². The molecule has 1 aliphatic heterocycles. The van der Waals surface area contributed by atoms with Crippen molar-refractivity contribution in [1.82, 2.24) is 31.9 Å². The number of amides is 7. The fourth-order valence-electron chi connectivity index (χ4n) is 11.5. The Balaban J connectivity index is 1.50. The van der Waals surface area contributed by atoms with Crippen LogP contribution in [-0.4, -0.2) is 148 Å². The molecule has 2 aliphatic rings. The van der Waals surface area contributed by atoms with E-state index in [1.54, 1.807) is 48.5 Å². The molecule has 1 saturated carbocycles. The SMILES string of the molecule is CC[C@H](C)[C@H](NC(=O)[C@H](N)Cc1ccc(-c2ccccc2)cc1)C(=O)C[C@@H](CO)C(=O)N[C@H](CCC(N)=O)C(=O)C[C@@H](C(=O)N[C@H](C(=O)C[C@@H](CO)C(=O)N[C@H]1C(=O)C[C@@H](C)C(=O)NC2(CC2CC(C)F)C(=O)N[C@@H]([C@@H](C)CC)C(=O)O[C@H]1C)[C@@H](C)CC)[C@@H](C)CC. The lowest BCUT2D eigenvalue weighted by atomic mass is 9.83. The largest absolute Gasteiger partial charge is 0.458 e. The van der Waals surface area contributed by atoms with E-state index in [-0.39, 0.29) is 32.1 Å². The number of carbonyl (C=O) groups is 12. The van der Waals surface area contributed by atoms with Crippen molar-refractivity contribution in [2.45, 2.75) is 214 Å². The molecule has 24 heteroatoms. The fourth-order valence-corrected chi connectivity index (χ4v) is 11.5. The third kappa shape index (κ3) is 21.6. The van der Waals surface area contributed by atoms with Crippen LogP contribution in [0.5, 0.6) is 0 Å². The molecule has 12 N–H and O–H groups in total. The van der Waals surface area contributed by atoms with Gasteiger partial charge in [0.25, 0.3) is 0 Å². The molecule has 1 aliphatic carbocycles. The van der Waals surface area contributed by atoms with Gasteiger partial charge in [0.1, 0.15) is 23.7 Å². The van der Waals surface area contributed by atoms with Crippen molar-refractivity contribution in [2.75, 3.05) is 13.2 Å². The summed E-state index contributed by atoms with van der Waals surface area (Å²) in [6.07, 6.45) is -4.05. The smallest absolute Gasteiger partial charge is 0.329 e. The number of carbonyl (C=O) groups excluding carboxylic acids is 12. The molecular formula is C68H101FN8O15. The van der Waals surface area contributed by atoms with Crippen molar-refractivity contribution in [3.8, 4) is 11.1 Å². The zero-order valence-electron chi connectivity index (χ0n) is 55.4. The number of hydrogen-bond donors (Lipinski definition) is 10. The highest BCUT2D eigenvalue weighted by Crippen LogP contribution is 2.48. The molecule has 23 nitrogen and oxygen atoms in total. The summed E-state index contributed by atoms with van der Waals surface area (Å²) >= 11 is 0. The predicted molar refractivity (Wildman–Crippen MR) is 341 cm³/mol. The molecule has 2 aromatic rings. The molecular weight excluding hydrogens is 1190 g/mol. The molecule has 18 atom stereocenters. The summed E-state index contributed by atoms with van der Waals surface area (Å²) in [5.74, 6) is -17.1. The molecule has 1 heterocycles. The summed E-state index contributed by atoms with van der Waals surface area (Å²) in [6.45, 7) is 16.2. The number of nitrogens with two attached hydrogens (primary N) is 2. The number of benzene rings is 2. The summed E-state index contributed by atoms with van der Waals surface area (Å²) in [7, 11) is 0. The second-order valence-electron chi connectivity index (χ2n) is 25.9. The molecule has 92 heavy (non-hydrogen) atoms. The number of aliphatic hydroxyl groups excluding tert-OH is 2. The predicted octanol–water partition coefficient (Wildman–Crippen LogP) is 3.97. The summed E-state index contributed by atoms with van der Waals surface area (Å²) in [5, 5.41) is 37.3. The van der Waals surface area contributed by atoms with Crippen molar-refractivity contribution in [3.63, 3.8) is 0 Å². The first kappa shape index (κ1) is 77.1. The Labute approximate surface area is 540 Å². The van der Waals surface area contributed by atoms with E-state index in [0.717, 1.165) is 16.7 Å². The Hall–Kier alpha value is -7.31. The molecule has 0 aromatic heterocycles. The quantitative estimate of drug-likeness (QED) is 0.0437. The number of ether oxygens (including phenoxy) is 1. The van der Waals surface area contributed by atoms with E-state index < -0.39 is 217 Å². The Morgan fingerprint density at radius 2 is 1.24 bits per heavy atom. The fraction of sp³-hybridized carbons (Fsp3) is 0.647. The van der Waals surface area contributed by atoms with Crippen LogP contribution in [0.4, 0.5) is 4.39 Å². The van der Waals surface area contributed by atoms with E-state index in [1.807, 2.05) is 61.5 Å². The number of alkyl halides is 1. The lowest BCUT2D eigenvalue weighted by molar-refractivity contribution is -0.157. The number of ketones is 4. The molecule has 0 radical (unpaired) electrons. The summed E-state index contributed by atoms with van der Waals surface area (Å²) in [4.78, 5) is 167. The zero-order valence-corrected chi connectivity index (χ0v) is 55.4. The molecule has 0 bridgehead atoms. The average Bonchev–Trinajstić information content (AvgIpc) is 1.58. The van der Waals surface area contributed by atoms with Crippen LogP contribution in [0.25, 0.3) is 11.1 Å². The molecule has 3 unspecified atom stereocenters. The normalized spacial score (nSPS) is 23.4. The van der Waals surface area contributed by atoms with Gasteiger partial charge in [0.2, 0.25) is 41.4 Å².